The number of carboxylic acids is 1. The Balaban J connectivity index is 2.48. The summed E-state index contributed by atoms with van der Waals surface area (Å²) in [6.07, 6.45) is 2.26. The fourth-order valence-electron chi connectivity index (χ4n) is 1.73. The first-order chi connectivity index (χ1) is 7.99. The maximum atomic E-state index is 10.6. The average Bonchev–Trinajstić information content (AvgIpc) is 2.26. The van der Waals surface area contributed by atoms with Crippen molar-refractivity contribution in [2.45, 2.75) is 38.5 Å². The minimum Gasteiger partial charge on any atom is -0.480 e. The van der Waals surface area contributed by atoms with E-state index in [1.165, 1.54) is 5.56 Å². The van der Waals surface area contributed by atoms with Crippen LogP contribution in [0, 0.1) is 5.92 Å². The molecule has 0 aliphatic heterocycles. The standard InChI is InChI=1S/C14H19ClO2/c1-10(2)9-12-5-3-11(4-6-12)7-8-13(15)14(16)17/h3-6,10,13H,7-9H2,1-2H3,(H,16,17). The van der Waals surface area contributed by atoms with Crippen LogP contribution in [0.25, 0.3) is 0 Å². The third-order valence-corrected chi connectivity index (χ3v) is 3.03. The fourth-order valence-corrected chi connectivity index (χ4v) is 1.84. The van der Waals surface area contributed by atoms with Crippen molar-refractivity contribution in [3.8, 4) is 0 Å². The van der Waals surface area contributed by atoms with E-state index in [1.807, 2.05) is 0 Å². The molecule has 2 nitrogen and oxygen atoms in total. The number of halogens is 1. The molecule has 0 saturated heterocycles. The van der Waals surface area contributed by atoms with Crippen LogP contribution in [0.1, 0.15) is 31.4 Å². The number of benzene rings is 1. The van der Waals surface area contributed by atoms with E-state index in [4.69, 9.17) is 16.7 Å². The summed E-state index contributed by atoms with van der Waals surface area (Å²) < 4.78 is 0. The number of alkyl halides is 1. The summed E-state index contributed by atoms with van der Waals surface area (Å²) in [6.45, 7) is 4.39. The van der Waals surface area contributed by atoms with Gasteiger partial charge in [0.2, 0.25) is 0 Å². The van der Waals surface area contributed by atoms with E-state index >= 15 is 0 Å². The Labute approximate surface area is 108 Å². The first-order valence-electron chi connectivity index (χ1n) is 5.93. The van der Waals surface area contributed by atoms with Crippen LogP contribution in [-0.2, 0) is 17.6 Å². The van der Waals surface area contributed by atoms with Gasteiger partial charge >= 0.3 is 5.97 Å². The van der Waals surface area contributed by atoms with Crippen LogP contribution in [0.15, 0.2) is 24.3 Å². The Bertz CT molecular complexity index is 357. The van der Waals surface area contributed by atoms with Crippen molar-refractivity contribution in [1.82, 2.24) is 0 Å². The van der Waals surface area contributed by atoms with Crippen LogP contribution in [0.4, 0.5) is 0 Å². The third-order valence-electron chi connectivity index (χ3n) is 2.62. The van der Waals surface area contributed by atoms with Gasteiger partial charge < -0.3 is 5.11 Å². The highest BCUT2D eigenvalue weighted by atomic mass is 35.5. The molecule has 1 aromatic rings. The highest BCUT2D eigenvalue weighted by Gasteiger charge is 2.12. The molecular weight excluding hydrogens is 236 g/mol. The topological polar surface area (TPSA) is 37.3 Å². The smallest absolute Gasteiger partial charge is 0.321 e. The first kappa shape index (κ1) is 14.0. The SMILES string of the molecule is CC(C)Cc1ccc(CCC(Cl)C(=O)O)cc1. The minimum atomic E-state index is -0.942. The molecule has 3 heteroatoms. The zero-order valence-corrected chi connectivity index (χ0v) is 11.1. The second-order valence-electron chi connectivity index (χ2n) is 4.76. The molecule has 1 aromatic carbocycles. The van der Waals surface area contributed by atoms with Gasteiger partial charge in [0, 0.05) is 0 Å². The molecule has 0 fully saturated rings. The van der Waals surface area contributed by atoms with Crippen molar-refractivity contribution >= 4 is 17.6 Å². The van der Waals surface area contributed by atoms with Gasteiger partial charge in [0.1, 0.15) is 5.38 Å². The lowest BCUT2D eigenvalue weighted by molar-refractivity contribution is -0.136. The number of carboxylic acid groups (broad SMARTS) is 1. The van der Waals surface area contributed by atoms with Crippen LogP contribution < -0.4 is 0 Å². The number of hydrogen-bond acceptors (Lipinski definition) is 1. The molecule has 0 spiro atoms. The second kappa shape index (κ2) is 6.65. The fraction of sp³-hybridized carbons (Fsp3) is 0.500. The first-order valence-corrected chi connectivity index (χ1v) is 6.37. The zero-order valence-electron chi connectivity index (χ0n) is 10.3. The van der Waals surface area contributed by atoms with E-state index in [1.54, 1.807) is 0 Å². The van der Waals surface area contributed by atoms with Crippen LogP contribution >= 0.6 is 11.6 Å². The summed E-state index contributed by atoms with van der Waals surface area (Å²) in [5.41, 5.74) is 2.47. The Morgan fingerprint density at radius 1 is 1.24 bits per heavy atom. The molecule has 1 N–H and O–H groups in total. The summed E-state index contributed by atoms with van der Waals surface area (Å²) in [5, 5.41) is 7.88. The van der Waals surface area contributed by atoms with Gasteiger partial charge in [0.05, 0.1) is 0 Å². The monoisotopic (exact) mass is 254 g/mol. The lowest BCUT2D eigenvalue weighted by Crippen LogP contribution is -2.13. The molecule has 0 aromatic heterocycles. The number of hydrogen-bond donors (Lipinski definition) is 1. The molecule has 0 amide bonds. The lowest BCUT2D eigenvalue weighted by Gasteiger charge is -2.07. The number of aryl methyl sites for hydroxylation is 1. The van der Waals surface area contributed by atoms with Gasteiger partial charge in [-0.15, -0.1) is 11.6 Å². The Hall–Kier alpha value is -1.02. The minimum absolute atomic E-state index is 0.473. The van der Waals surface area contributed by atoms with Gasteiger partial charge in [-0.3, -0.25) is 4.79 Å². The average molecular weight is 255 g/mol. The van der Waals surface area contributed by atoms with Crippen molar-refractivity contribution < 1.29 is 9.90 Å². The Morgan fingerprint density at radius 3 is 2.24 bits per heavy atom. The van der Waals surface area contributed by atoms with Crippen LogP contribution in [0.2, 0.25) is 0 Å². The summed E-state index contributed by atoms with van der Waals surface area (Å²) in [6, 6.07) is 8.34. The van der Waals surface area contributed by atoms with E-state index in [2.05, 4.69) is 38.1 Å². The quantitative estimate of drug-likeness (QED) is 0.789. The molecule has 0 aliphatic carbocycles. The second-order valence-corrected chi connectivity index (χ2v) is 5.29. The lowest BCUT2D eigenvalue weighted by atomic mass is 10.00. The van der Waals surface area contributed by atoms with Gasteiger partial charge in [0.15, 0.2) is 0 Å². The molecule has 1 unspecified atom stereocenters. The summed E-state index contributed by atoms with van der Waals surface area (Å²) >= 11 is 5.67. The highest BCUT2D eigenvalue weighted by Crippen LogP contribution is 2.13. The van der Waals surface area contributed by atoms with Crippen molar-refractivity contribution in [2.24, 2.45) is 5.92 Å². The molecule has 17 heavy (non-hydrogen) atoms. The van der Waals surface area contributed by atoms with Crippen molar-refractivity contribution in [1.29, 1.82) is 0 Å². The van der Waals surface area contributed by atoms with E-state index in [0.29, 0.717) is 18.8 Å². The van der Waals surface area contributed by atoms with E-state index in [9.17, 15) is 4.79 Å². The van der Waals surface area contributed by atoms with Gasteiger partial charge in [0.25, 0.3) is 0 Å². The predicted molar refractivity (Wildman–Crippen MR) is 70.6 cm³/mol. The number of rotatable bonds is 6. The third kappa shape index (κ3) is 5.22. The van der Waals surface area contributed by atoms with Gasteiger partial charge in [-0.1, -0.05) is 38.1 Å². The van der Waals surface area contributed by atoms with Gasteiger partial charge in [-0.05, 0) is 36.3 Å². The highest BCUT2D eigenvalue weighted by molar-refractivity contribution is 6.29. The van der Waals surface area contributed by atoms with E-state index < -0.39 is 11.3 Å². The molecular formula is C14H19ClO2. The largest absolute Gasteiger partial charge is 0.480 e. The summed E-state index contributed by atoms with van der Waals surface area (Å²) in [7, 11) is 0. The number of aliphatic carboxylic acids is 1. The normalized spacial score (nSPS) is 12.7. The van der Waals surface area contributed by atoms with Crippen molar-refractivity contribution in [3.05, 3.63) is 35.4 Å². The van der Waals surface area contributed by atoms with E-state index in [-0.39, 0.29) is 0 Å². The number of carbonyl (C=O) groups is 1. The van der Waals surface area contributed by atoms with Gasteiger partial charge in [-0.25, -0.2) is 0 Å². The Kier molecular flexibility index (Phi) is 5.49. The van der Waals surface area contributed by atoms with Crippen LogP contribution in [0.5, 0.6) is 0 Å². The van der Waals surface area contributed by atoms with Crippen LogP contribution in [-0.4, -0.2) is 16.5 Å². The van der Waals surface area contributed by atoms with Crippen LogP contribution in [0.3, 0.4) is 0 Å². The maximum Gasteiger partial charge on any atom is 0.321 e. The van der Waals surface area contributed by atoms with Crippen molar-refractivity contribution in [2.75, 3.05) is 0 Å². The maximum absolute atomic E-state index is 10.6. The summed E-state index contributed by atoms with van der Waals surface area (Å²) in [4.78, 5) is 10.6. The Morgan fingerprint density at radius 2 is 1.76 bits per heavy atom. The molecule has 1 rings (SSSR count). The summed E-state index contributed by atoms with van der Waals surface area (Å²) in [5.74, 6) is -0.289. The molecule has 1 atom stereocenters. The molecule has 94 valence electrons. The van der Waals surface area contributed by atoms with Gasteiger partial charge in [-0.2, -0.15) is 0 Å². The van der Waals surface area contributed by atoms with E-state index in [0.717, 1.165) is 12.0 Å². The molecule has 0 radical (unpaired) electrons. The molecule has 0 heterocycles. The van der Waals surface area contributed by atoms with Crippen molar-refractivity contribution in [3.63, 3.8) is 0 Å². The molecule has 0 saturated carbocycles. The zero-order chi connectivity index (χ0) is 12.8. The molecule has 0 bridgehead atoms. The molecule has 0 aliphatic rings. The predicted octanol–water partition coefficient (Wildman–Crippen LogP) is 3.51.